The van der Waals surface area contributed by atoms with E-state index in [9.17, 15) is 4.79 Å². The Bertz CT molecular complexity index is 888. The first-order chi connectivity index (χ1) is 12.1. The lowest BCUT2D eigenvalue weighted by Crippen LogP contribution is -2.23. The first kappa shape index (κ1) is 20.7. The van der Waals surface area contributed by atoms with E-state index in [0.29, 0.717) is 33.2 Å². The zero-order valence-electron chi connectivity index (χ0n) is 15.6. The van der Waals surface area contributed by atoms with Crippen molar-refractivity contribution in [2.75, 3.05) is 7.11 Å². The summed E-state index contributed by atoms with van der Waals surface area (Å²) in [7, 11) is 1.57. The van der Waals surface area contributed by atoms with Crippen molar-refractivity contribution in [3.8, 4) is 11.4 Å². The van der Waals surface area contributed by atoms with E-state index in [-0.39, 0.29) is 5.56 Å². The van der Waals surface area contributed by atoms with Crippen molar-refractivity contribution in [2.24, 2.45) is 0 Å². The second-order valence-electron chi connectivity index (χ2n) is 4.61. The van der Waals surface area contributed by atoms with Crippen molar-refractivity contribution in [3.05, 3.63) is 63.7 Å². The van der Waals surface area contributed by atoms with Crippen LogP contribution in [0.4, 0.5) is 0 Å². The lowest BCUT2D eigenvalue weighted by atomic mass is 10.2. The zero-order valence-corrected chi connectivity index (χ0v) is 16.4. The molecule has 134 valence electrons. The van der Waals surface area contributed by atoms with Gasteiger partial charge in [0.2, 0.25) is 0 Å². The molecule has 0 aliphatic carbocycles. The molecule has 25 heavy (non-hydrogen) atoms. The molecule has 0 saturated carbocycles. The Morgan fingerprint density at radius 1 is 1.00 bits per heavy atom. The summed E-state index contributed by atoms with van der Waals surface area (Å²) in [5, 5.41) is 0.810. The van der Waals surface area contributed by atoms with Gasteiger partial charge in [0.1, 0.15) is 11.6 Å². The van der Waals surface area contributed by atoms with Crippen LogP contribution in [0.25, 0.3) is 16.6 Å². The molecule has 0 spiro atoms. The van der Waals surface area contributed by atoms with Crippen LogP contribution >= 0.6 is 11.6 Å². The molecule has 0 radical (unpaired) electrons. The lowest BCUT2D eigenvalue weighted by Gasteiger charge is -2.14. The number of hydrogen-bond acceptors (Lipinski definition) is 3. The van der Waals surface area contributed by atoms with Gasteiger partial charge in [-0.05, 0) is 31.2 Å². The summed E-state index contributed by atoms with van der Waals surface area (Å²) in [5.74, 6) is 1.19. The summed E-state index contributed by atoms with van der Waals surface area (Å²) in [4.78, 5) is 17.3. The third kappa shape index (κ3) is 4.20. The number of hydrogen-bond donors (Lipinski definition) is 0. The van der Waals surface area contributed by atoms with E-state index >= 15 is 0 Å². The maximum Gasteiger partial charge on any atom is 0.267 e. The second kappa shape index (κ2) is 9.84. The highest BCUT2D eigenvalue weighted by Crippen LogP contribution is 2.24. The molecule has 2 aromatic carbocycles. The van der Waals surface area contributed by atoms with Crippen molar-refractivity contribution in [2.45, 2.75) is 34.6 Å². The third-order valence-electron chi connectivity index (χ3n) is 3.34. The molecule has 0 saturated heterocycles. The number of nitrogens with zero attached hydrogens (tertiary/aromatic N) is 2. The van der Waals surface area contributed by atoms with E-state index < -0.39 is 0 Å². The highest BCUT2D eigenvalue weighted by molar-refractivity contribution is 6.35. The minimum Gasteiger partial charge on any atom is -0.495 e. The molecular weight excluding hydrogens is 336 g/mol. The monoisotopic (exact) mass is 360 g/mol. The van der Waals surface area contributed by atoms with Crippen molar-refractivity contribution in [1.29, 1.82) is 0 Å². The molecule has 0 N–H and O–H groups in total. The average Bonchev–Trinajstić information content (AvgIpc) is 2.65. The van der Waals surface area contributed by atoms with E-state index in [1.807, 2.05) is 45.9 Å². The number of halogens is 1. The normalized spacial score (nSPS) is 9.56. The summed E-state index contributed by atoms with van der Waals surface area (Å²) in [5.41, 5.74) is 1.04. The van der Waals surface area contributed by atoms with Crippen molar-refractivity contribution in [1.82, 2.24) is 9.55 Å². The van der Waals surface area contributed by atoms with Crippen LogP contribution in [0.3, 0.4) is 0 Å². The van der Waals surface area contributed by atoms with Crippen molar-refractivity contribution >= 4 is 22.5 Å². The van der Waals surface area contributed by atoms with Gasteiger partial charge in [-0.1, -0.05) is 57.5 Å². The Balaban J connectivity index is 0.000000730. The van der Waals surface area contributed by atoms with Crippen LogP contribution < -0.4 is 10.3 Å². The van der Waals surface area contributed by atoms with Crippen LogP contribution in [0.1, 0.15) is 33.5 Å². The largest absolute Gasteiger partial charge is 0.495 e. The molecule has 1 aromatic heterocycles. The number of methoxy groups -OCH3 is 1. The van der Waals surface area contributed by atoms with Gasteiger partial charge in [0, 0.05) is 0 Å². The Labute approximate surface area is 154 Å². The highest BCUT2D eigenvalue weighted by atomic mass is 35.5. The van der Waals surface area contributed by atoms with Crippen LogP contribution in [0, 0.1) is 6.92 Å². The highest BCUT2D eigenvalue weighted by Gasteiger charge is 2.14. The van der Waals surface area contributed by atoms with Gasteiger partial charge >= 0.3 is 0 Å². The Morgan fingerprint density at radius 3 is 2.28 bits per heavy atom. The van der Waals surface area contributed by atoms with Crippen LogP contribution in [-0.4, -0.2) is 16.7 Å². The molecule has 4 nitrogen and oxygen atoms in total. The standard InChI is InChI=1S/C16H13ClN2O2.2C2H6/c1-10-18-12-7-5-6-11(17)15(12)16(20)19(10)13-8-3-4-9-14(13)21-2;2*1-2/h3-9H,1-2H3;2*1-2H3. The molecule has 0 amide bonds. The molecule has 0 atom stereocenters. The smallest absolute Gasteiger partial charge is 0.267 e. The van der Waals surface area contributed by atoms with E-state index in [4.69, 9.17) is 16.3 Å². The summed E-state index contributed by atoms with van der Waals surface area (Å²) < 4.78 is 6.85. The molecule has 0 aliphatic heterocycles. The Kier molecular flexibility index (Phi) is 8.16. The molecular formula is C20H25ClN2O2. The Morgan fingerprint density at radius 2 is 1.64 bits per heavy atom. The Hall–Kier alpha value is -2.33. The quantitative estimate of drug-likeness (QED) is 0.613. The number of aryl methyl sites for hydroxylation is 1. The van der Waals surface area contributed by atoms with E-state index in [0.717, 1.165) is 0 Å². The number of aromatic nitrogens is 2. The molecule has 0 unspecified atom stereocenters. The minimum absolute atomic E-state index is 0.201. The number of ether oxygens (including phenoxy) is 1. The average molecular weight is 361 g/mol. The molecule has 3 aromatic rings. The predicted molar refractivity (Wildman–Crippen MR) is 106 cm³/mol. The SMILES string of the molecule is CC.CC.COc1ccccc1-n1c(C)nc2cccc(Cl)c2c1=O. The van der Waals surface area contributed by atoms with E-state index in [1.54, 1.807) is 38.3 Å². The van der Waals surface area contributed by atoms with Crippen LogP contribution in [-0.2, 0) is 0 Å². The van der Waals surface area contributed by atoms with Gasteiger partial charge in [-0.3, -0.25) is 9.36 Å². The van der Waals surface area contributed by atoms with Crippen LogP contribution in [0.2, 0.25) is 5.02 Å². The van der Waals surface area contributed by atoms with Gasteiger partial charge in [-0.25, -0.2) is 4.98 Å². The van der Waals surface area contributed by atoms with Crippen molar-refractivity contribution in [3.63, 3.8) is 0 Å². The fraction of sp³-hybridized carbons (Fsp3) is 0.300. The molecule has 3 rings (SSSR count). The second-order valence-corrected chi connectivity index (χ2v) is 5.01. The fourth-order valence-electron chi connectivity index (χ4n) is 2.40. The van der Waals surface area contributed by atoms with Gasteiger partial charge in [-0.15, -0.1) is 0 Å². The lowest BCUT2D eigenvalue weighted by molar-refractivity contribution is 0.412. The summed E-state index contributed by atoms with van der Waals surface area (Å²) in [6.45, 7) is 9.79. The molecule has 0 fully saturated rings. The summed E-state index contributed by atoms with van der Waals surface area (Å²) in [6.07, 6.45) is 0. The molecule has 0 bridgehead atoms. The maximum absolute atomic E-state index is 12.8. The van der Waals surface area contributed by atoms with Gasteiger partial charge in [-0.2, -0.15) is 0 Å². The third-order valence-corrected chi connectivity index (χ3v) is 3.66. The summed E-state index contributed by atoms with van der Waals surface area (Å²) in [6, 6.07) is 12.6. The maximum atomic E-state index is 12.8. The fourth-order valence-corrected chi connectivity index (χ4v) is 2.65. The van der Waals surface area contributed by atoms with Crippen molar-refractivity contribution < 1.29 is 4.74 Å². The van der Waals surface area contributed by atoms with E-state index in [1.165, 1.54) is 4.57 Å². The van der Waals surface area contributed by atoms with Gasteiger partial charge in [0.05, 0.1) is 28.7 Å². The number of rotatable bonds is 2. The molecule has 0 aliphatic rings. The molecule has 5 heteroatoms. The van der Waals surface area contributed by atoms with Gasteiger partial charge in [0.15, 0.2) is 0 Å². The van der Waals surface area contributed by atoms with Gasteiger partial charge in [0.25, 0.3) is 5.56 Å². The number of para-hydroxylation sites is 2. The number of benzene rings is 2. The number of fused-ring (bicyclic) bond motifs is 1. The predicted octanol–water partition coefficient (Wildman–Crippen LogP) is 5.41. The van der Waals surface area contributed by atoms with Gasteiger partial charge < -0.3 is 4.74 Å². The first-order valence-electron chi connectivity index (χ1n) is 8.44. The van der Waals surface area contributed by atoms with E-state index in [2.05, 4.69) is 4.98 Å². The zero-order chi connectivity index (χ0) is 19.0. The van der Waals surface area contributed by atoms with Crippen LogP contribution in [0.5, 0.6) is 5.75 Å². The minimum atomic E-state index is -0.201. The summed E-state index contributed by atoms with van der Waals surface area (Å²) >= 11 is 6.16. The van der Waals surface area contributed by atoms with Crippen LogP contribution in [0.15, 0.2) is 47.3 Å². The first-order valence-corrected chi connectivity index (χ1v) is 8.82. The topological polar surface area (TPSA) is 44.1 Å². The molecule has 1 heterocycles.